The molecule has 21 heavy (non-hydrogen) atoms. The topological polar surface area (TPSA) is 20.3 Å². The van der Waals surface area contributed by atoms with E-state index in [1.165, 1.54) is 0 Å². The molecule has 0 saturated heterocycles. The largest absolute Gasteiger partial charge is 0.337 e. The van der Waals surface area contributed by atoms with Gasteiger partial charge in [-0.05, 0) is 25.3 Å². The average molecular weight is 281 g/mol. The van der Waals surface area contributed by atoms with Gasteiger partial charge in [-0.25, -0.2) is 0 Å². The van der Waals surface area contributed by atoms with Gasteiger partial charge in [0.05, 0.1) is 5.41 Å². The van der Waals surface area contributed by atoms with Gasteiger partial charge in [-0.15, -0.1) is 6.58 Å². The minimum atomic E-state index is -0.520. The number of rotatable bonds is 6. The summed E-state index contributed by atoms with van der Waals surface area (Å²) in [6, 6.07) is 10.1. The van der Waals surface area contributed by atoms with E-state index in [1.807, 2.05) is 48.3 Å². The zero-order valence-electron chi connectivity index (χ0n) is 12.7. The first kappa shape index (κ1) is 15.3. The molecule has 0 spiro atoms. The summed E-state index contributed by atoms with van der Waals surface area (Å²) in [5.74, 6) is 0.153. The third-order valence-corrected chi connectivity index (χ3v) is 3.77. The van der Waals surface area contributed by atoms with Crippen LogP contribution in [0.1, 0.15) is 25.3 Å². The molecule has 1 aromatic rings. The molecule has 1 amide bonds. The molecule has 0 heterocycles. The molecular weight excluding hydrogens is 258 g/mol. The third kappa shape index (κ3) is 3.94. The second kappa shape index (κ2) is 7.07. The van der Waals surface area contributed by atoms with Crippen LogP contribution in [0.25, 0.3) is 0 Å². The fourth-order valence-electron chi connectivity index (χ4n) is 2.55. The molecule has 0 bridgehead atoms. The van der Waals surface area contributed by atoms with Crippen LogP contribution in [0.3, 0.4) is 0 Å². The van der Waals surface area contributed by atoms with Gasteiger partial charge in [0.1, 0.15) is 0 Å². The molecule has 0 N–H and O–H groups in total. The van der Waals surface area contributed by atoms with Crippen LogP contribution in [0.2, 0.25) is 0 Å². The van der Waals surface area contributed by atoms with Gasteiger partial charge in [-0.2, -0.15) is 0 Å². The average Bonchev–Trinajstić information content (AvgIpc) is 2.52. The molecule has 0 saturated carbocycles. The molecule has 0 atom stereocenters. The third-order valence-electron chi connectivity index (χ3n) is 3.77. The molecule has 0 radical (unpaired) electrons. The Labute approximate surface area is 127 Å². The Balaban J connectivity index is 2.16. The first-order valence-corrected chi connectivity index (χ1v) is 7.45. The van der Waals surface area contributed by atoms with Crippen molar-refractivity contribution in [2.75, 3.05) is 6.54 Å². The first-order chi connectivity index (χ1) is 10.2. The highest BCUT2D eigenvalue weighted by atomic mass is 16.2. The minimum absolute atomic E-state index is 0.153. The second-order valence-corrected chi connectivity index (χ2v) is 5.61. The number of allylic oxidation sites excluding steroid dienone is 2. The molecule has 1 aliphatic carbocycles. The minimum Gasteiger partial charge on any atom is -0.337 e. The molecule has 0 aliphatic heterocycles. The van der Waals surface area contributed by atoms with Crippen molar-refractivity contribution in [2.24, 2.45) is 5.41 Å². The zero-order chi connectivity index (χ0) is 15.1. The van der Waals surface area contributed by atoms with E-state index in [9.17, 15) is 4.79 Å². The predicted molar refractivity (Wildman–Crippen MR) is 87.7 cm³/mol. The number of amides is 1. The normalized spacial score (nSPS) is 15.7. The number of carbonyl (C=O) groups is 1. The van der Waals surface area contributed by atoms with Gasteiger partial charge < -0.3 is 4.90 Å². The number of carbonyl (C=O) groups excluding carboxylic acids is 1. The Morgan fingerprint density at radius 2 is 1.95 bits per heavy atom. The van der Waals surface area contributed by atoms with E-state index >= 15 is 0 Å². The van der Waals surface area contributed by atoms with E-state index in [0.717, 1.165) is 18.4 Å². The van der Waals surface area contributed by atoms with Crippen molar-refractivity contribution < 1.29 is 4.79 Å². The highest BCUT2D eigenvalue weighted by molar-refractivity contribution is 5.86. The Kier molecular flexibility index (Phi) is 5.15. The summed E-state index contributed by atoms with van der Waals surface area (Å²) in [5, 5.41) is 0. The molecule has 2 heteroatoms. The van der Waals surface area contributed by atoms with Crippen molar-refractivity contribution in [3.63, 3.8) is 0 Å². The van der Waals surface area contributed by atoms with Gasteiger partial charge in [0.25, 0.3) is 0 Å². The van der Waals surface area contributed by atoms with Crippen LogP contribution in [0.4, 0.5) is 0 Å². The molecular formula is C19H23NO. The molecule has 1 aromatic carbocycles. The van der Waals surface area contributed by atoms with E-state index in [-0.39, 0.29) is 5.91 Å². The molecule has 2 nitrogen and oxygen atoms in total. The molecule has 2 rings (SSSR count). The summed E-state index contributed by atoms with van der Waals surface area (Å²) in [5.41, 5.74) is 0.635. The predicted octanol–water partition coefficient (Wildman–Crippen LogP) is 4.11. The summed E-state index contributed by atoms with van der Waals surface area (Å²) in [7, 11) is 0. The fourth-order valence-corrected chi connectivity index (χ4v) is 2.55. The van der Waals surface area contributed by atoms with E-state index in [4.69, 9.17) is 0 Å². The van der Waals surface area contributed by atoms with Crippen LogP contribution in [0.15, 0.2) is 67.3 Å². The van der Waals surface area contributed by atoms with Crippen LogP contribution in [-0.4, -0.2) is 17.4 Å². The second-order valence-electron chi connectivity index (χ2n) is 5.61. The Bertz CT molecular complexity index is 530. The Morgan fingerprint density at radius 1 is 1.29 bits per heavy atom. The maximum atomic E-state index is 12.9. The Morgan fingerprint density at radius 3 is 2.57 bits per heavy atom. The van der Waals surface area contributed by atoms with Crippen molar-refractivity contribution in [2.45, 2.75) is 26.3 Å². The lowest BCUT2D eigenvalue weighted by atomic mass is 9.84. The molecule has 0 fully saturated rings. The van der Waals surface area contributed by atoms with Gasteiger partial charge in [-0.1, -0.05) is 60.7 Å². The van der Waals surface area contributed by atoms with Gasteiger partial charge in [0.15, 0.2) is 0 Å². The van der Waals surface area contributed by atoms with Crippen molar-refractivity contribution in [3.05, 3.63) is 72.9 Å². The molecule has 1 aliphatic rings. The van der Waals surface area contributed by atoms with Gasteiger partial charge >= 0.3 is 0 Å². The van der Waals surface area contributed by atoms with Crippen molar-refractivity contribution >= 4 is 5.91 Å². The van der Waals surface area contributed by atoms with Crippen LogP contribution >= 0.6 is 0 Å². The van der Waals surface area contributed by atoms with Gasteiger partial charge in [0, 0.05) is 13.1 Å². The summed E-state index contributed by atoms with van der Waals surface area (Å²) < 4.78 is 0. The molecule has 110 valence electrons. The standard InChI is InChI=1S/C19H23NO/c1-3-4-15-20(16-17-11-7-5-8-12-17)18(21)19(2)13-9-6-10-14-19/h3,5,7-14H,1,4,6,15-16H2,2H3. The van der Waals surface area contributed by atoms with E-state index < -0.39 is 5.41 Å². The van der Waals surface area contributed by atoms with Crippen molar-refractivity contribution in [1.82, 2.24) is 4.90 Å². The number of benzene rings is 1. The molecule has 0 aromatic heterocycles. The quantitative estimate of drug-likeness (QED) is 0.718. The van der Waals surface area contributed by atoms with Crippen molar-refractivity contribution in [3.8, 4) is 0 Å². The molecule has 0 unspecified atom stereocenters. The lowest BCUT2D eigenvalue weighted by Crippen LogP contribution is -2.41. The number of nitrogens with zero attached hydrogens (tertiary/aromatic N) is 1. The SMILES string of the molecule is C=CCCN(Cc1ccccc1)C(=O)C1(C)C=CCC=C1. The number of hydrogen-bond donors (Lipinski definition) is 0. The summed E-state index contributed by atoms with van der Waals surface area (Å²) >= 11 is 0. The Hall–Kier alpha value is -2.09. The smallest absolute Gasteiger partial charge is 0.236 e. The van der Waals surface area contributed by atoms with Crippen LogP contribution < -0.4 is 0 Å². The summed E-state index contributed by atoms with van der Waals surface area (Å²) in [6.45, 7) is 7.09. The van der Waals surface area contributed by atoms with Crippen LogP contribution in [0, 0.1) is 5.41 Å². The lowest BCUT2D eigenvalue weighted by molar-refractivity contribution is -0.137. The van der Waals surface area contributed by atoms with Crippen molar-refractivity contribution in [1.29, 1.82) is 0 Å². The highest BCUT2D eigenvalue weighted by Crippen LogP contribution is 2.28. The van der Waals surface area contributed by atoms with Crippen LogP contribution in [-0.2, 0) is 11.3 Å². The summed E-state index contributed by atoms with van der Waals surface area (Å²) in [6.07, 6.45) is 11.7. The lowest BCUT2D eigenvalue weighted by Gasteiger charge is -2.32. The van der Waals surface area contributed by atoms with Gasteiger partial charge in [0.2, 0.25) is 5.91 Å². The zero-order valence-corrected chi connectivity index (χ0v) is 12.7. The fraction of sp³-hybridized carbons (Fsp3) is 0.316. The van der Waals surface area contributed by atoms with Gasteiger partial charge in [-0.3, -0.25) is 4.79 Å². The maximum absolute atomic E-state index is 12.9. The number of hydrogen-bond acceptors (Lipinski definition) is 1. The van der Waals surface area contributed by atoms with Crippen LogP contribution in [0.5, 0.6) is 0 Å². The maximum Gasteiger partial charge on any atom is 0.236 e. The van der Waals surface area contributed by atoms with E-state index in [0.29, 0.717) is 13.1 Å². The summed E-state index contributed by atoms with van der Waals surface area (Å²) in [4.78, 5) is 14.8. The monoisotopic (exact) mass is 281 g/mol. The first-order valence-electron chi connectivity index (χ1n) is 7.45. The van der Waals surface area contributed by atoms with E-state index in [2.05, 4.69) is 30.9 Å². The van der Waals surface area contributed by atoms with E-state index in [1.54, 1.807) is 0 Å². The highest BCUT2D eigenvalue weighted by Gasteiger charge is 2.32.